The second kappa shape index (κ2) is 5.44. The van der Waals surface area contributed by atoms with Gasteiger partial charge in [0, 0.05) is 32.0 Å². The standard InChI is InChI=1S/C13H19N5O/c14-10-3-1-7-18(9-10)13-15-12(16-17-13)6-5-11-4-2-8-19-11/h2,4,8,10H,1,3,5-7,9,14H2,(H,15,16,17). The van der Waals surface area contributed by atoms with Crippen molar-refractivity contribution >= 4 is 5.95 Å². The molecule has 0 aliphatic carbocycles. The Labute approximate surface area is 112 Å². The van der Waals surface area contributed by atoms with Gasteiger partial charge in [0.05, 0.1) is 6.26 Å². The molecule has 0 spiro atoms. The lowest BCUT2D eigenvalue weighted by molar-refractivity contribution is 0.500. The summed E-state index contributed by atoms with van der Waals surface area (Å²) >= 11 is 0. The van der Waals surface area contributed by atoms with Crippen molar-refractivity contribution in [2.24, 2.45) is 5.73 Å². The first kappa shape index (κ1) is 12.2. The van der Waals surface area contributed by atoms with Gasteiger partial charge in [0.2, 0.25) is 5.95 Å². The number of hydrogen-bond acceptors (Lipinski definition) is 5. The Morgan fingerprint density at radius 3 is 3.21 bits per heavy atom. The van der Waals surface area contributed by atoms with E-state index in [2.05, 4.69) is 20.1 Å². The molecule has 0 saturated carbocycles. The Kier molecular flexibility index (Phi) is 3.50. The van der Waals surface area contributed by atoms with Crippen molar-refractivity contribution in [3.05, 3.63) is 30.0 Å². The summed E-state index contributed by atoms with van der Waals surface area (Å²) in [7, 11) is 0. The van der Waals surface area contributed by atoms with Gasteiger partial charge in [-0.25, -0.2) is 0 Å². The monoisotopic (exact) mass is 261 g/mol. The maximum Gasteiger partial charge on any atom is 0.244 e. The first-order chi connectivity index (χ1) is 9.31. The highest BCUT2D eigenvalue weighted by Gasteiger charge is 2.20. The highest BCUT2D eigenvalue weighted by Crippen LogP contribution is 2.15. The highest BCUT2D eigenvalue weighted by molar-refractivity contribution is 5.30. The molecule has 2 aromatic heterocycles. The Morgan fingerprint density at radius 2 is 2.42 bits per heavy atom. The van der Waals surface area contributed by atoms with Crippen LogP contribution in [0.15, 0.2) is 22.8 Å². The Hall–Kier alpha value is -1.82. The van der Waals surface area contributed by atoms with E-state index in [0.717, 1.165) is 56.3 Å². The molecular weight excluding hydrogens is 242 g/mol. The lowest BCUT2D eigenvalue weighted by Crippen LogP contribution is -2.43. The van der Waals surface area contributed by atoms with Crippen LogP contribution >= 0.6 is 0 Å². The number of aromatic amines is 1. The van der Waals surface area contributed by atoms with Crippen LogP contribution in [0.1, 0.15) is 24.4 Å². The van der Waals surface area contributed by atoms with E-state index in [1.54, 1.807) is 6.26 Å². The zero-order valence-corrected chi connectivity index (χ0v) is 10.9. The summed E-state index contributed by atoms with van der Waals surface area (Å²) in [6, 6.07) is 4.11. The highest BCUT2D eigenvalue weighted by atomic mass is 16.3. The fourth-order valence-electron chi connectivity index (χ4n) is 2.43. The van der Waals surface area contributed by atoms with Crippen LogP contribution < -0.4 is 10.6 Å². The van der Waals surface area contributed by atoms with Gasteiger partial charge in [-0.3, -0.25) is 5.10 Å². The molecule has 19 heavy (non-hydrogen) atoms. The number of H-pyrrole nitrogens is 1. The van der Waals surface area contributed by atoms with Gasteiger partial charge in [-0.1, -0.05) is 0 Å². The lowest BCUT2D eigenvalue weighted by Gasteiger charge is -2.29. The molecule has 0 bridgehead atoms. The zero-order chi connectivity index (χ0) is 13.1. The van der Waals surface area contributed by atoms with Crippen LogP contribution in [0, 0.1) is 0 Å². The van der Waals surface area contributed by atoms with E-state index < -0.39 is 0 Å². The first-order valence-corrected chi connectivity index (χ1v) is 6.75. The third-order valence-corrected chi connectivity index (χ3v) is 3.45. The summed E-state index contributed by atoms with van der Waals surface area (Å²) in [4.78, 5) is 6.68. The number of nitrogens with one attached hydrogen (secondary N) is 1. The molecule has 1 unspecified atom stereocenters. The second-order valence-electron chi connectivity index (χ2n) is 5.01. The van der Waals surface area contributed by atoms with Gasteiger partial charge in [0.25, 0.3) is 0 Å². The molecule has 1 saturated heterocycles. The minimum Gasteiger partial charge on any atom is -0.469 e. The summed E-state index contributed by atoms with van der Waals surface area (Å²) in [5.41, 5.74) is 5.97. The largest absolute Gasteiger partial charge is 0.469 e. The lowest BCUT2D eigenvalue weighted by atomic mass is 10.1. The molecule has 0 amide bonds. The van der Waals surface area contributed by atoms with E-state index in [-0.39, 0.29) is 6.04 Å². The Bertz CT molecular complexity index is 507. The van der Waals surface area contributed by atoms with Gasteiger partial charge in [-0.05, 0) is 25.0 Å². The van der Waals surface area contributed by atoms with E-state index in [0.29, 0.717) is 0 Å². The number of furan rings is 1. The summed E-state index contributed by atoms with van der Waals surface area (Å²) in [6.45, 7) is 1.83. The van der Waals surface area contributed by atoms with Gasteiger partial charge in [0.1, 0.15) is 11.6 Å². The van der Waals surface area contributed by atoms with Crippen molar-refractivity contribution in [1.82, 2.24) is 15.2 Å². The third kappa shape index (κ3) is 2.96. The molecule has 3 rings (SSSR count). The second-order valence-corrected chi connectivity index (χ2v) is 5.01. The van der Waals surface area contributed by atoms with E-state index in [9.17, 15) is 0 Å². The fourth-order valence-corrected chi connectivity index (χ4v) is 2.43. The first-order valence-electron chi connectivity index (χ1n) is 6.75. The molecule has 2 aromatic rings. The average Bonchev–Trinajstić information content (AvgIpc) is 3.08. The molecule has 1 aliphatic rings. The average molecular weight is 261 g/mol. The maximum atomic E-state index is 5.97. The number of aromatic nitrogens is 3. The fraction of sp³-hybridized carbons (Fsp3) is 0.538. The van der Waals surface area contributed by atoms with Crippen molar-refractivity contribution < 1.29 is 4.42 Å². The van der Waals surface area contributed by atoms with E-state index in [4.69, 9.17) is 10.2 Å². The number of aryl methyl sites for hydroxylation is 2. The summed E-state index contributed by atoms with van der Waals surface area (Å²) < 4.78 is 5.30. The van der Waals surface area contributed by atoms with Crippen LogP contribution in [0.5, 0.6) is 0 Å². The molecule has 0 aromatic carbocycles. The van der Waals surface area contributed by atoms with Crippen molar-refractivity contribution in [2.75, 3.05) is 18.0 Å². The van der Waals surface area contributed by atoms with E-state index in [1.165, 1.54) is 0 Å². The summed E-state index contributed by atoms with van der Waals surface area (Å²) in [5, 5.41) is 7.27. The number of nitrogens with two attached hydrogens (primary N) is 1. The minimum atomic E-state index is 0.235. The van der Waals surface area contributed by atoms with Gasteiger partial charge in [-0.15, -0.1) is 5.10 Å². The van der Waals surface area contributed by atoms with Crippen molar-refractivity contribution in [3.63, 3.8) is 0 Å². The molecule has 6 heteroatoms. The smallest absolute Gasteiger partial charge is 0.244 e. The van der Waals surface area contributed by atoms with Crippen molar-refractivity contribution in [2.45, 2.75) is 31.7 Å². The number of piperidine rings is 1. The SMILES string of the molecule is NC1CCCN(c2n[nH]c(CCc3ccco3)n2)C1. The molecular formula is C13H19N5O. The summed E-state index contributed by atoms with van der Waals surface area (Å²) in [5.74, 6) is 2.63. The van der Waals surface area contributed by atoms with Gasteiger partial charge >= 0.3 is 0 Å². The van der Waals surface area contributed by atoms with Crippen molar-refractivity contribution in [3.8, 4) is 0 Å². The maximum absolute atomic E-state index is 5.97. The molecule has 1 aliphatic heterocycles. The van der Waals surface area contributed by atoms with Crippen molar-refractivity contribution in [1.29, 1.82) is 0 Å². The number of anilines is 1. The van der Waals surface area contributed by atoms with Gasteiger partial charge in [-0.2, -0.15) is 4.98 Å². The van der Waals surface area contributed by atoms with E-state index >= 15 is 0 Å². The molecule has 3 N–H and O–H groups in total. The van der Waals surface area contributed by atoms with Crippen LogP contribution in [0.2, 0.25) is 0 Å². The molecule has 3 heterocycles. The number of rotatable bonds is 4. The molecule has 6 nitrogen and oxygen atoms in total. The minimum absolute atomic E-state index is 0.235. The molecule has 102 valence electrons. The number of hydrogen-bond donors (Lipinski definition) is 2. The molecule has 1 fully saturated rings. The predicted molar refractivity (Wildman–Crippen MR) is 71.9 cm³/mol. The topological polar surface area (TPSA) is 84.0 Å². The Morgan fingerprint density at radius 1 is 1.47 bits per heavy atom. The van der Waals surface area contributed by atoms with Gasteiger partial charge < -0.3 is 15.1 Å². The summed E-state index contributed by atoms with van der Waals surface area (Å²) in [6.07, 6.45) is 5.53. The molecule has 0 radical (unpaired) electrons. The van der Waals surface area contributed by atoms with Crippen LogP contribution in [0.25, 0.3) is 0 Å². The number of nitrogens with zero attached hydrogens (tertiary/aromatic N) is 3. The van der Waals surface area contributed by atoms with Crippen LogP contribution in [0.4, 0.5) is 5.95 Å². The van der Waals surface area contributed by atoms with Crippen LogP contribution in [-0.4, -0.2) is 34.3 Å². The molecule has 1 atom stereocenters. The van der Waals surface area contributed by atoms with E-state index in [1.807, 2.05) is 12.1 Å². The van der Waals surface area contributed by atoms with Crippen LogP contribution in [-0.2, 0) is 12.8 Å². The Balaban J connectivity index is 1.59. The van der Waals surface area contributed by atoms with Crippen LogP contribution in [0.3, 0.4) is 0 Å². The quantitative estimate of drug-likeness (QED) is 0.861. The van der Waals surface area contributed by atoms with Gasteiger partial charge in [0.15, 0.2) is 0 Å². The predicted octanol–water partition coefficient (Wildman–Crippen LogP) is 1.11. The zero-order valence-electron chi connectivity index (χ0n) is 10.9. The normalized spacial score (nSPS) is 19.8. The third-order valence-electron chi connectivity index (χ3n) is 3.45.